The fraction of sp³-hybridized carbons (Fsp3) is 0.0870. The summed E-state index contributed by atoms with van der Waals surface area (Å²) in [4.78, 5) is 19.5. The van der Waals surface area contributed by atoms with Crippen LogP contribution in [0.2, 0.25) is 5.15 Å². The topological polar surface area (TPSA) is 88.5 Å². The van der Waals surface area contributed by atoms with E-state index in [2.05, 4.69) is 245 Å². The number of hydrogen-bond donors (Lipinski definition) is 0. The summed E-state index contributed by atoms with van der Waals surface area (Å²) in [5.74, 6) is 1.60. The Morgan fingerprint density at radius 1 is 0.284 bits per heavy atom. The first kappa shape index (κ1) is 63.6. The average Bonchev–Trinajstić information content (AvgIpc) is 0.972. The van der Waals surface area contributed by atoms with Gasteiger partial charge >= 0.3 is 7.12 Å². The zero-order valence-electron chi connectivity index (χ0n) is 57.2. The number of hydrogen-bond acceptors (Lipinski definition) is 8. The molecule has 8 nitrogen and oxygen atoms in total. The van der Waals surface area contributed by atoms with E-state index in [0.29, 0.717) is 5.15 Å². The Balaban J connectivity index is 0.000000121. The first-order chi connectivity index (χ1) is 49.8. The van der Waals surface area contributed by atoms with Gasteiger partial charge in [-0.1, -0.05) is 248 Å². The molecule has 102 heavy (non-hydrogen) atoms. The van der Waals surface area contributed by atoms with Gasteiger partial charge in [-0.25, -0.2) is 19.9 Å². The summed E-state index contributed by atoms with van der Waals surface area (Å²) < 4.78 is 23.5. The van der Waals surface area contributed by atoms with Crippen LogP contribution in [-0.2, 0) is 9.31 Å². The minimum Gasteiger partial charge on any atom is -0.496 e. The standard InChI is InChI=1S/C43H28N2O.C30H27BO2.C19H13ClN2O/c1-46-41-13-7-6-12-37(41)40-25-22-30-19-18-29-21-24-39(44-42(29)43(30)45-40)28-16-14-27(15-17-28)31-20-23-36-34-10-3-2-8-32(34)33-9-4-5-11-35(33)38(36)26-31;1-29(2)30(3,4)33-31(32-29)22-16-13-20(14-17-22)21-15-18-27-25-11-6-5-9-23(25)24-10-7-8-12-26(24)28(27)19-21;1-23-16-5-3-2-4-14(16)15-10-8-12-6-7-13-9-11-17(20)22-19(13)18(12)21-15/h2-26H,1H3;5-19H,1-4H3;2-11H,1H3. The van der Waals surface area contributed by atoms with Crippen molar-refractivity contribution in [1.29, 1.82) is 0 Å². The molecule has 490 valence electrons. The maximum Gasteiger partial charge on any atom is 0.494 e. The molecule has 10 heteroatoms. The Morgan fingerprint density at radius 3 is 0.980 bits per heavy atom. The zero-order chi connectivity index (χ0) is 69.2. The van der Waals surface area contributed by atoms with E-state index in [1.54, 1.807) is 20.3 Å². The molecule has 1 aliphatic rings. The predicted octanol–water partition coefficient (Wildman–Crippen LogP) is 23.5. The van der Waals surface area contributed by atoms with Crippen LogP contribution in [-0.4, -0.2) is 52.5 Å². The summed E-state index contributed by atoms with van der Waals surface area (Å²) >= 11 is 6.06. The summed E-state index contributed by atoms with van der Waals surface area (Å²) in [5, 5.41) is 20.1. The molecule has 14 aromatic carbocycles. The number of benzene rings is 14. The van der Waals surface area contributed by atoms with Crippen molar-refractivity contribution in [1.82, 2.24) is 19.9 Å². The van der Waals surface area contributed by atoms with E-state index in [1.807, 2.05) is 84.9 Å². The maximum atomic E-state index is 6.22. The van der Waals surface area contributed by atoms with Crippen molar-refractivity contribution in [2.24, 2.45) is 0 Å². The third-order valence-electron chi connectivity index (χ3n) is 20.5. The fourth-order valence-electron chi connectivity index (χ4n) is 14.5. The van der Waals surface area contributed by atoms with Gasteiger partial charge in [0, 0.05) is 38.2 Å². The molecule has 0 N–H and O–H groups in total. The van der Waals surface area contributed by atoms with E-state index in [1.165, 1.54) is 86.9 Å². The number of nitrogens with zero attached hydrogens (tertiary/aromatic N) is 4. The molecule has 19 rings (SSSR count). The van der Waals surface area contributed by atoms with Crippen LogP contribution in [0, 0.1) is 0 Å². The molecule has 5 heterocycles. The number of rotatable bonds is 8. The van der Waals surface area contributed by atoms with Gasteiger partial charge in [0.1, 0.15) is 16.7 Å². The highest BCUT2D eigenvalue weighted by atomic mass is 35.5. The molecule has 1 aliphatic heterocycles. The minimum atomic E-state index is -0.337. The highest BCUT2D eigenvalue weighted by molar-refractivity contribution is 6.62. The largest absolute Gasteiger partial charge is 0.496 e. The molecule has 0 unspecified atom stereocenters. The lowest BCUT2D eigenvalue weighted by molar-refractivity contribution is 0.00578. The van der Waals surface area contributed by atoms with Gasteiger partial charge in [-0.15, -0.1) is 0 Å². The number of halogens is 1. The summed E-state index contributed by atoms with van der Waals surface area (Å²) in [7, 11) is 3.02. The van der Waals surface area contributed by atoms with E-state index in [-0.39, 0.29) is 18.3 Å². The molecule has 0 atom stereocenters. The molecule has 0 bridgehead atoms. The van der Waals surface area contributed by atoms with Crippen LogP contribution in [0.5, 0.6) is 11.5 Å². The first-order valence-electron chi connectivity index (χ1n) is 34.4. The molecule has 4 aromatic heterocycles. The van der Waals surface area contributed by atoms with Gasteiger partial charge in [-0.05, 0) is 187 Å². The van der Waals surface area contributed by atoms with Crippen molar-refractivity contribution in [3.8, 4) is 67.5 Å². The number of pyridine rings is 4. The molecule has 0 spiro atoms. The van der Waals surface area contributed by atoms with Crippen LogP contribution in [0.25, 0.3) is 164 Å². The van der Waals surface area contributed by atoms with Gasteiger partial charge in [0.2, 0.25) is 0 Å². The van der Waals surface area contributed by atoms with Gasteiger partial charge in [-0.3, -0.25) is 0 Å². The lowest BCUT2D eigenvalue weighted by atomic mass is 9.78. The SMILES string of the molecule is CC1(C)OB(c2ccc(-c3ccc4c5ccccc5c5ccccc5c4c3)cc2)OC1(C)C.COc1ccccc1-c1ccc2ccc3ccc(-c4ccc(-c5ccc6c7ccccc7c7ccccc7c6c5)cc4)nc3c2n1.COc1ccccc1-c1ccc2ccc3ccc(Cl)nc3c2n1. The Bertz CT molecular complexity index is 6250. The lowest BCUT2D eigenvalue weighted by Crippen LogP contribution is -2.41. The third-order valence-corrected chi connectivity index (χ3v) is 20.8. The highest BCUT2D eigenvalue weighted by Gasteiger charge is 2.51. The van der Waals surface area contributed by atoms with Crippen LogP contribution in [0.15, 0.2) is 303 Å². The van der Waals surface area contributed by atoms with Crippen molar-refractivity contribution in [2.45, 2.75) is 38.9 Å². The number of para-hydroxylation sites is 2. The van der Waals surface area contributed by atoms with Crippen molar-refractivity contribution < 1.29 is 18.8 Å². The summed E-state index contributed by atoms with van der Waals surface area (Å²) in [6.07, 6.45) is 0. The van der Waals surface area contributed by atoms with Crippen LogP contribution in [0.1, 0.15) is 27.7 Å². The Kier molecular flexibility index (Phi) is 16.2. The van der Waals surface area contributed by atoms with E-state index in [9.17, 15) is 0 Å². The number of ether oxygens (including phenoxy) is 2. The Hall–Kier alpha value is -11.8. The van der Waals surface area contributed by atoms with Gasteiger partial charge < -0.3 is 18.8 Å². The number of methoxy groups -OCH3 is 2. The highest BCUT2D eigenvalue weighted by Crippen LogP contribution is 2.42. The molecular formula is C92H68BClN4O4. The van der Waals surface area contributed by atoms with Gasteiger partial charge in [0.25, 0.3) is 0 Å². The first-order valence-corrected chi connectivity index (χ1v) is 34.8. The summed E-state index contributed by atoms with van der Waals surface area (Å²) in [6.45, 7) is 8.35. The number of aromatic nitrogens is 4. The lowest BCUT2D eigenvalue weighted by Gasteiger charge is -2.32. The predicted molar refractivity (Wildman–Crippen MR) is 427 cm³/mol. The second-order valence-corrected chi connectivity index (χ2v) is 27.4. The van der Waals surface area contributed by atoms with Crippen LogP contribution < -0.4 is 14.9 Å². The molecular weight excluding hydrogens is 1270 g/mol. The molecule has 0 aliphatic carbocycles. The zero-order valence-corrected chi connectivity index (χ0v) is 58.0. The van der Waals surface area contributed by atoms with E-state index in [0.717, 1.165) is 94.3 Å². The summed E-state index contributed by atoms with van der Waals surface area (Å²) in [5.41, 5.74) is 14.2. The molecule has 0 radical (unpaired) electrons. The summed E-state index contributed by atoms with van der Waals surface area (Å²) in [6, 6.07) is 106. The molecule has 1 saturated heterocycles. The quantitative estimate of drug-likeness (QED) is 0.0845. The Labute approximate surface area is 596 Å². The average molecular weight is 1340 g/mol. The monoisotopic (exact) mass is 1340 g/mol. The maximum absolute atomic E-state index is 6.22. The van der Waals surface area contributed by atoms with Gasteiger partial charge in [-0.2, -0.15) is 0 Å². The van der Waals surface area contributed by atoms with E-state index >= 15 is 0 Å². The van der Waals surface area contributed by atoms with Crippen LogP contribution >= 0.6 is 11.6 Å². The molecule has 0 saturated carbocycles. The van der Waals surface area contributed by atoms with E-state index in [4.69, 9.17) is 45.3 Å². The second-order valence-electron chi connectivity index (χ2n) is 27.0. The van der Waals surface area contributed by atoms with Crippen molar-refractivity contribution in [3.05, 3.63) is 308 Å². The van der Waals surface area contributed by atoms with Crippen molar-refractivity contribution in [3.63, 3.8) is 0 Å². The minimum absolute atomic E-state index is 0.335. The van der Waals surface area contributed by atoms with Crippen molar-refractivity contribution in [2.75, 3.05) is 14.2 Å². The molecule has 18 aromatic rings. The number of fused-ring (bicyclic) bond motifs is 18. The Morgan fingerprint density at radius 2 is 0.578 bits per heavy atom. The van der Waals surface area contributed by atoms with Crippen molar-refractivity contribution >= 4 is 132 Å². The van der Waals surface area contributed by atoms with E-state index < -0.39 is 0 Å². The third kappa shape index (κ3) is 11.5. The van der Waals surface area contributed by atoms with Crippen LogP contribution in [0.4, 0.5) is 0 Å². The second kappa shape index (κ2) is 26.0. The normalized spacial score (nSPS) is 13.3. The fourth-order valence-corrected chi connectivity index (χ4v) is 14.7. The molecule has 1 fully saturated rings. The van der Waals surface area contributed by atoms with Gasteiger partial charge in [0.05, 0.1) is 64.6 Å². The molecule has 0 amide bonds. The smallest absolute Gasteiger partial charge is 0.494 e. The van der Waals surface area contributed by atoms with Gasteiger partial charge in [0.15, 0.2) is 0 Å². The van der Waals surface area contributed by atoms with Crippen LogP contribution in [0.3, 0.4) is 0 Å².